The van der Waals surface area contributed by atoms with Gasteiger partial charge in [-0.05, 0) is 31.5 Å². The Morgan fingerprint density at radius 2 is 2.04 bits per heavy atom. The molecule has 0 saturated carbocycles. The van der Waals surface area contributed by atoms with E-state index < -0.39 is 0 Å². The lowest BCUT2D eigenvalue weighted by Crippen LogP contribution is -2.55. The molecule has 0 radical (unpaired) electrons. The molecule has 1 heterocycles. The van der Waals surface area contributed by atoms with Gasteiger partial charge in [0, 0.05) is 50.1 Å². The summed E-state index contributed by atoms with van der Waals surface area (Å²) in [5.74, 6) is 0.0789. The van der Waals surface area contributed by atoms with Gasteiger partial charge in [-0.1, -0.05) is 13.0 Å². The van der Waals surface area contributed by atoms with E-state index in [1.54, 1.807) is 12.1 Å². The predicted octanol–water partition coefficient (Wildman–Crippen LogP) is 2.69. The van der Waals surface area contributed by atoms with Crippen LogP contribution in [0.5, 0.6) is 0 Å². The summed E-state index contributed by atoms with van der Waals surface area (Å²) in [6.07, 6.45) is 1.03. The van der Waals surface area contributed by atoms with Gasteiger partial charge in [-0.25, -0.2) is 0 Å². The van der Waals surface area contributed by atoms with E-state index in [1.165, 1.54) is 0 Å². The van der Waals surface area contributed by atoms with Crippen molar-refractivity contribution in [2.24, 2.45) is 0 Å². The van der Waals surface area contributed by atoms with Crippen molar-refractivity contribution < 1.29 is 9.53 Å². The Morgan fingerprint density at radius 1 is 1.29 bits per heavy atom. The van der Waals surface area contributed by atoms with E-state index >= 15 is 0 Å². The molecule has 1 saturated heterocycles. The molecule has 24 heavy (non-hydrogen) atoms. The van der Waals surface area contributed by atoms with Crippen LogP contribution in [0.1, 0.15) is 30.6 Å². The molecular weight excluding hydrogens is 349 g/mol. The largest absolute Gasteiger partial charge is 0.399 e. The number of anilines is 1. The van der Waals surface area contributed by atoms with Gasteiger partial charge in [-0.3, -0.25) is 9.69 Å². The highest BCUT2D eigenvalue weighted by Crippen LogP contribution is 2.16. The van der Waals surface area contributed by atoms with Crippen molar-refractivity contribution in [1.29, 1.82) is 0 Å². The maximum absolute atomic E-state index is 12.6. The van der Waals surface area contributed by atoms with Crippen molar-refractivity contribution in [2.75, 3.05) is 45.1 Å². The van der Waals surface area contributed by atoms with E-state index in [-0.39, 0.29) is 30.7 Å². The second-order valence-corrected chi connectivity index (χ2v) is 5.67. The van der Waals surface area contributed by atoms with Crippen LogP contribution in [0.3, 0.4) is 0 Å². The Hall–Kier alpha value is -1.01. The van der Waals surface area contributed by atoms with Crippen LogP contribution in [-0.2, 0) is 4.74 Å². The van der Waals surface area contributed by atoms with E-state index in [2.05, 4.69) is 11.8 Å². The van der Waals surface area contributed by atoms with Crippen molar-refractivity contribution in [1.82, 2.24) is 9.80 Å². The van der Waals surface area contributed by atoms with Gasteiger partial charge in [0.1, 0.15) is 0 Å². The molecule has 1 amide bonds. The Bertz CT molecular complexity index is 502. The third kappa shape index (κ3) is 6.13. The molecule has 1 aromatic carbocycles. The van der Waals surface area contributed by atoms with Gasteiger partial charge in [0.2, 0.25) is 0 Å². The molecule has 0 bridgehead atoms. The Morgan fingerprint density at radius 3 is 2.67 bits per heavy atom. The van der Waals surface area contributed by atoms with Crippen LogP contribution in [0.4, 0.5) is 5.69 Å². The maximum atomic E-state index is 12.6. The lowest BCUT2D eigenvalue weighted by Gasteiger charge is -2.41. The molecule has 138 valence electrons. The molecule has 1 aromatic rings. The van der Waals surface area contributed by atoms with Gasteiger partial charge >= 0.3 is 0 Å². The molecule has 1 aliphatic rings. The van der Waals surface area contributed by atoms with Gasteiger partial charge < -0.3 is 15.4 Å². The van der Waals surface area contributed by atoms with Crippen molar-refractivity contribution >= 4 is 36.4 Å². The third-order valence-electron chi connectivity index (χ3n) is 4.22. The number of carbonyl (C=O) groups excluding carboxylic acids is 1. The number of halogens is 2. The first kappa shape index (κ1) is 23.0. The number of rotatable bonds is 6. The van der Waals surface area contributed by atoms with Crippen molar-refractivity contribution in [3.8, 4) is 0 Å². The molecule has 0 aromatic heterocycles. The normalized spacial score (nSPS) is 17.8. The zero-order chi connectivity index (χ0) is 15.9. The van der Waals surface area contributed by atoms with Gasteiger partial charge in [-0.15, -0.1) is 24.8 Å². The molecule has 2 rings (SSSR count). The van der Waals surface area contributed by atoms with Crippen molar-refractivity contribution in [3.63, 3.8) is 0 Å². The van der Waals surface area contributed by atoms with Crippen molar-refractivity contribution in [2.45, 2.75) is 26.3 Å². The number of amides is 1. The number of carbonyl (C=O) groups is 1. The van der Waals surface area contributed by atoms with Crippen LogP contribution < -0.4 is 5.73 Å². The summed E-state index contributed by atoms with van der Waals surface area (Å²) in [5.41, 5.74) is 7.09. The summed E-state index contributed by atoms with van der Waals surface area (Å²) >= 11 is 0. The molecule has 2 N–H and O–H groups in total. The molecule has 7 heteroatoms. The third-order valence-corrected chi connectivity index (χ3v) is 4.22. The van der Waals surface area contributed by atoms with Crippen LogP contribution >= 0.6 is 24.8 Å². The number of hydrogen-bond acceptors (Lipinski definition) is 4. The minimum atomic E-state index is 0. The summed E-state index contributed by atoms with van der Waals surface area (Å²) in [6, 6.07) is 7.63. The van der Waals surface area contributed by atoms with E-state index in [0.29, 0.717) is 17.3 Å². The zero-order valence-corrected chi connectivity index (χ0v) is 16.1. The zero-order valence-electron chi connectivity index (χ0n) is 14.4. The van der Waals surface area contributed by atoms with E-state index in [0.717, 1.165) is 45.8 Å². The van der Waals surface area contributed by atoms with E-state index in [1.807, 2.05) is 24.0 Å². The lowest BCUT2D eigenvalue weighted by atomic mass is 10.1. The minimum absolute atomic E-state index is 0. The lowest BCUT2D eigenvalue weighted by molar-refractivity contribution is 0.0341. The van der Waals surface area contributed by atoms with Gasteiger partial charge in [0.25, 0.3) is 5.91 Å². The molecule has 0 aliphatic carbocycles. The molecule has 0 spiro atoms. The number of nitrogens with zero attached hydrogens (tertiary/aromatic N) is 2. The standard InChI is InChI=1S/C17H27N3O2.2ClH/c1-3-16-13-20(9-8-19(16)10-11-22-4-2)17(21)14-6-5-7-15(18)12-14;;/h5-7,12,16H,3-4,8-11,13,18H2,1-2H3;2*1H. The Labute approximate surface area is 157 Å². The van der Waals surface area contributed by atoms with Crippen LogP contribution in [0, 0.1) is 0 Å². The molecule has 1 unspecified atom stereocenters. The van der Waals surface area contributed by atoms with Gasteiger partial charge in [0.15, 0.2) is 0 Å². The van der Waals surface area contributed by atoms with Crippen LogP contribution in [0.15, 0.2) is 24.3 Å². The second-order valence-electron chi connectivity index (χ2n) is 5.67. The monoisotopic (exact) mass is 377 g/mol. The van der Waals surface area contributed by atoms with Gasteiger partial charge in [-0.2, -0.15) is 0 Å². The van der Waals surface area contributed by atoms with E-state index in [9.17, 15) is 4.79 Å². The predicted molar refractivity (Wildman–Crippen MR) is 103 cm³/mol. The fourth-order valence-corrected chi connectivity index (χ4v) is 2.94. The smallest absolute Gasteiger partial charge is 0.254 e. The highest BCUT2D eigenvalue weighted by atomic mass is 35.5. The fourth-order valence-electron chi connectivity index (χ4n) is 2.94. The quantitative estimate of drug-likeness (QED) is 0.611. The molecule has 1 fully saturated rings. The number of nitrogens with two attached hydrogens (primary N) is 1. The highest BCUT2D eigenvalue weighted by molar-refractivity contribution is 5.95. The molecule has 1 atom stereocenters. The fraction of sp³-hybridized carbons (Fsp3) is 0.588. The van der Waals surface area contributed by atoms with E-state index in [4.69, 9.17) is 10.5 Å². The minimum Gasteiger partial charge on any atom is -0.399 e. The average molecular weight is 378 g/mol. The SMILES string of the molecule is CCOCCN1CCN(C(=O)c2cccc(N)c2)CC1CC.Cl.Cl. The van der Waals surface area contributed by atoms with Crippen LogP contribution in [0.25, 0.3) is 0 Å². The summed E-state index contributed by atoms with van der Waals surface area (Å²) in [5, 5.41) is 0. The number of hydrogen-bond donors (Lipinski definition) is 1. The summed E-state index contributed by atoms with van der Waals surface area (Å²) in [4.78, 5) is 17.0. The summed E-state index contributed by atoms with van der Waals surface area (Å²) in [7, 11) is 0. The van der Waals surface area contributed by atoms with Crippen molar-refractivity contribution in [3.05, 3.63) is 29.8 Å². The molecule has 1 aliphatic heterocycles. The van der Waals surface area contributed by atoms with Gasteiger partial charge in [0.05, 0.1) is 6.61 Å². The summed E-state index contributed by atoms with van der Waals surface area (Å²) in [6.45, 7) is 9.08. The second kappa shape index (κ2) is 11.5. The number of piperazine rings is 1. The average Bonchev–Trinajstić information content (AvgIpc) is 2.54. The van der Waals surface area contributed by atoms with Crippen LogP contribution in [-0.4, -0.2) is 61.1 Å². The van der Waals surface area contributed by atoms with Crippen LogP contribution in [0.2, 0.25) is 0 Å². The first-order valence-corrected chi connectivity index (χ1v) is 8.12. The number of benzene rings is 1. The topological polar surface area (TPSA) is 58.8 Å². The number of nitrogen functional groups attached to an aromatic ring is 1. The first-order valence-electron chi connectivity index (χ1n) is 8.12. The Kier molecular flexibility index (Phi) is 11.0. The Balaban J connectivity index is 0.00000264. The summed E-state index contributed by atoms with van der Waals surface area (Å²) < 4.78 is 5.45. The highest BCUT2D eigenvalue weighted by Gasteiger charge is 2.28. The molecule has 5 nitrogen and oxygen atoms in total. The maximum Gasteiger partial charge on any atom is 0.254 e. The molecular formula is C17H29Cl2N3O2. The first-order chi connectivity index (χ1) is 10.7. The number of ether oxygens (including phenoxy) is 1.